The lowest BCUT2D eigenvalue weighted by atomic mass is 9.97. The van der Waals surface area contributed by atoms with E-state index < -0.39 is 38.8 Å². The predicted octanol–water partition coefficient (Wildman–Crippen LogP) is 3.00. The highest BCUT2D eigenvalue weighted by molar-refractivity contribution is 7.91. The minimum atomic E-state index is -4.08. The lowest BCUT2D eigenvalue weighted by Crippen LogP contribution is -2.45. The second kappa shape index (κ2) is 9.25. The number of pyridine rings is 1. The highest BCUT2D eigenvalue weighted by Gasteiger charge is 2.38. The molecule has 0 saturated carbocycles. The van der Waals surface area contributed by atoms with Crippen molar-refractivity contribution < 1.29 is 26.8 Å². The van der Waals surface area contributed by atoms with Gasteiger partial charge in [-0.15, -0.1) is 10.2 Å². The fraction of sp³-hybridized carbons (Fsp3) is 0.417. The summed E-state index contributed by atoms with van der Waals surface area (Å²) in [5.74, 6) is -1.48. The van der Waals surface area contributed by atoms with E-state index in [0.717, 1.165) is 6.07 Å². The fourth-order valence-corrected chi connectivity index (χ4v) is 5.26. The number of aromatic nitrogens is 3. The lowest BCUT2D eigenvalue weighted by molar-refractivity contribution is -0.119. The SMILES string of the molecule is CC(C)Oc1ccc(CN2C(=O)[C@@H](N)CS(=O)(=O)c3cc(F)c(-c4nnc(C(C)(C)C)o4)cc32)nc1. The maximum absolute atomic E-state index is 15.2. The molecule has 1 amide bonds. The van der Waals surface area contributed by atoms with Crippen molar-refractivity contribution in [1.82, 2.24) is 15.2 Å². The lowest BCUT2D eigenvalue weighted by Gasteiger charge is -2.24. The third kappa shape index (κ3) is 5.09. The molecule has 0 radical (unpaired) electrons. The number of sulfone groups is 1. The number of carbonyl (C=O) groups excluding carboxylic acids is 1. The average Bonchev–Trinajstić information content (AvgIpc) is 3.26. The molecular weight excluding hydrogens is 489 g/mol. The first-order valence-corrected chi connectivity index (χ1v) is 13.0. The van der Waals surface area contributed by atoms with Crippen LogP contribution >= 0.6 is 0 Å². The molecule has 0 bridgehead atoms. The van der Waals surface area contributed by atoms with Crippen LogP contribution in [0, 0.1) is 5.82 Å². The molecule has 0 aliphatic carbocycles. The number of rotatable bonds is 5. The van der Waals surface area contributed by atoms with Crippen LogP contribution in [0.25, 0.3) is 11.5 Å². The van der Waals surface area contributed by atoms with E-state index in [1.165, 1.54) is 17.2 Å². The first-order chi connectivity index (χ1) is 16.8. The van der Waals surface area contributed by atoms with E-state index in [1.807, 2.05) is 34.6 Å². The maximum atomic E-state index is 15.2. The van der Waals surface area contributed by atoms with Crippen LogP contribution in [0.15, 0.2) is 39.8 Å². The zero-order chi connectivity index (χ0) is 26.4. The summed E-state index contributed by atoms with van der Waals surface area (Å²) < 4.78 is 52.5. The van der Waals surface area contributed by atoms with Gasteiger partial charge in [0.25, 0.3) is 5.89 Å². The second-order valence-electron chi connectivity index (χ2n) is 9.93. The number of hydrogen-bond acceptors (Lipinski definition) is 9. The first-order valence-electron chi connectivity index (χ1n) is 11.4. The molecule has 10 nitrogen and oxygen atoms in total. The predicted molar refractivity (Wildman–Crippen MR) is 130 cm³/mol. The summed E-state index contributed by atoms with van der Waals surface area (Å²) in [5.41, 5.74) is 5.75. The van der Waals surface area contributed by atoms with E-state index in [1.54, 1.807) is 12.1 Å². The summed E-state index contributed by atoms with van der Waals surface area (Å²) >= 11 is 0. The van der Waals surface area contributed by atoms with E-state index in [9.17, 15) is 13.2 Å². The Labute approximate surface area is 208 Å². The minimum Gasteiger partial charge on any atom is -0.489 e. The molecule has 0 saturated heterocycles. The number of fused-ring (bicyclic) bond motifs is 1. The zero-order valence-corrected chi connectivity index (χ0v) is 21.5. The number of hydrogen-bond donors (Lipinski definition) is 1. The summed E-state index contributed by atoms with van der Waals surface area (Å²) in [5, 5.41) is 7.92. The molecule has 0 fully saturated rings. The van der Waals surface area contributed by atoms with Crippen LogP contribution in [0.2, 0.25) is 0 Å². The molecule has 0 spiro atoms. The van der Waals surface area contributed by atoms with Gasteiger partial charge in [-0.1, -0.05) is 20.8 Å². The Morgan fingerprint density at radius 3 is 2.56 bits per heavy atom. The van der Waals surface area contributed by atoms with E-state index in [-0.39, 0.29) is 40.6 Å². The molecule has 4 rings (SSSR count). The van der Waals surface area contributed by atoms with Crippen molar-refractivity contribution >= 4 is 21.4 Å². The van der Waals surface area contributed by atoms with Gasteiger partial charge in [0.05, 0.1) is 52.5 Å². The number of nitrogens with zero attached hydrogens (tertiary/aromatic N) is 4. The number of halogens is 1. The molecule has 1 aromatic carbocycles. The molecule has 2 aromatic heterocycles. The third-order valence-corrected chi connectivity index (χ3v) is 7.24. The molecule has 1 atom stereocenters. The molecule has 36 heavy (non-hydrogen) atoms. The van der Waals surface area contributed by atoms with Crippen LogP contribution in [0.1, 0.15) is 46.2 Å². The summed E-state index contributed by atoms with van der Waals surface area (Å²) in [4.78, 5) is 18.4. The summed E-state index contributed by atoms with van der Waals surface area (Å²) in [7, 11) is -4.08. The number of nitrogens with two attached hydrogens (primary N) is 1. The van der Waals surface area contributed by atoms with E-state index in [4.69, 9.17) is 14.9 Å². The normalized spacial score (nSPS) is 17.7. The number of amides is 1. The van der Waals surface area contributed by atoms with Crippen molar-refractivity contribution in [1.29, 1.82) is 0 Å². The molecule has 1 aliphatic heterocycles. The first kappa shape index (κ1) is 25.7. The summed E-state index contributed by atoms with van der Waals surface area (Å²) in [6, 6.07) is 4.12. The van der Waals surface area contributed by atoms with Gasteiger partial charge >= 0.3 is 0 Å². The van der Waals surface area contributed by atoms with Gasteiger partial charge in [0.1, 0.15) is 11.6 Å². The van der Waals surface area contributed by atoms with Crippen LogP contribution in [0.4, 0.5) is 10.1 Å². The van der Waals surface area contributed by atoms with Crippen LogP contribution in [0.5, 0.6) is 5.75 Å². The van der Waals surface area contributed by atoms with Gasteiger partial charge in [-0.3, -0.25) is 9.78 Å². The van der Waals surface area contributed by atoms with Gasteiger partial charge in [0.15, 0.2) is 9.84 Å². The Kier molecular flexibility index (Phi) is 6.60. The van der Waals surface area contributed by atoms with Crippen molar-refractivity contribution in [2.45, 2.75) is 63.6 Å². The third-order valence-electron chi connectivity index (χ3n) is 5.44. The van der Waals surface area contributed by atoms with Crippen molar-refractivity contribution in [2.75, 3.05) is 10.7 Å². The maximum Gasteiger partial charge on any atom is 0.250 e. The van der Waals surface area contributed by atoms with Crippen molar-refractivity contribution in [3.8, 4) is 17.2 Å². The topological polar surface area (TPSA) is 142 Å². The van der Waals surface area contributed by atoms with Gasteiger partial charge in [-0.05, 0) is 38.1 Å². The second-order valence-corrected chi connectivity index (χ2v) is 11.9. The number of ether oxygens (including phenoxy) is 1. The van der Waals surface area contributed by atoms with Gasteiger partial charge < -0.3 is 19.8 Å². The van der Waals surface area contributed by atoms with Crippen LogP contribution in [-0.4, -0.2) is 47.4 Å². The standard InChI is InChI=1S/C24H28FN5O5S/c1-13(2)34-15-7-6-14(27-10-15)11-30-19-8-16(21-28-29-23(35-21)24(3,4)5)17(25)9-20(19)36(32,33)12-18(26)22(30)31/h6-10,13,18H,11-12,26H2,1-5H3/t18-/m0/s1. The molecular formula is C24H28FN5O5S. The number of anilines is 1. The Morgan fingerprint density at radius 1 is 1.25 bits per heavy atom. The zero-order valence-electron chi connectivity index (χ0n) is 20.6. The minimum absolute atomic E-state index is 0.0378. The largest absolute Gasteiger partial charge is 0.489 e. The van der Waals surface area contributed by atoms with Gasteiger partial charge in [0, 0.05) is 5.41 Å². The molecule has 1 aliphatic rings. The van der Waals surface area contributed by atoms with Crippen molar-refractivity contribution in [2.24, 2.45) is 5.73 Å². The fourth-order valence-electron chi connectivity index (χ4n) is 3.69. The quantitative estimate of drug-likeness (QED) is 0.540. The Hall–Kier alpha value is -3.38. The Bertz CT molecular complexity index is 1400. The molecule has 0 unspecified atom stereocenters. The van der Waals surface area contributed by atoms with Gasteiger partial charge in [-0.2, -0.15) is 0 Å². The number of carbonyl (C=O) groups is 1. The smallest absolute Gasteiger partial charge is 0.250 e. The van der Waals surface area contributed by atoms with Crippen molar-refractivity contribution in [3.63, 3.8) is 0 Å². The van der Waals surface area contributed by atoms with Crippen LogP contribution in [-0.2, 0) is 26.6 Å². The van der Waals surface area contributed by atoms with Crippen molar-refractivity contribution in [3.05, 3.63) is 47.9 Å². The van der Waals surface area contributed by atoms with Gasteiger partial charge in [-0.25, -0.2) is 12.8 Å². The molecule has 192 valence electrons. The molecule has 2 N–H and O–H groups in total. The molecule has 12 heteroatoms. The van der Waals surface area contributed by atoms with E-state index >= 15 is 4.39 Å². The Morgan fingerprint density at radius 2 is 1.97 bits per heavy atom. The van der Waals surface area contributed by atoms with Crippen LogP contribution in [0.3, 0.4) is 0 Å². The van der Waals surface area contributed by atoms with E-state index in [0.29, 0.717) is 11.4 Å². The summed E-state index contributed by atoms with van der Waals surface area (Å²) in [6.07, 6.45) is 1.47. The number of benzene rings is 1. The Balaban J connectivity index is 1.82. The monoisotopic (exact) mass is 517 g/mol. The molecule has 3 aromatic rings. The van der Waals surface area contributed by atoms with Gasteiger partial charge in [0.2, 0.25) is 11.8 Å². The van der Waals surface area contributed by atoms with E-state index in [2.05, 4.69) is 15.2 Å². The molecule has 3 heterocycles. The highest BCUT2D eigenvalue weighted by Crippen LogP contribution is 2.37. The summed E-state index contributed by atoms with van der Waals surface area (Å²) in [6.45, 7) is 9.24. The van der Waals surface area contributed by atoms with Crippen LogP contribution < -0.4 is 15.4 Å². The average molecular weight is 518 g/mol. The highest BCUT2D eigenvalue weighted by atomic mass is 32.2.